The normalized spacial score (nSPS) is 17.3. The van der Waals surface area contributed by atoms with Crippen LogP contribution in [0.1, 0.15) is 32.4 Å². The van der Waals surface area contributed by atoms with Crippen LogP contribution in [0.5, 0.6) is 0 Å². The van der Waals surface area contributed by atoms with Gasteiger partial charge >= 0.3 is 6.09 Å². The third-order valence-electron chi connectivity index (χ3n) is 5.10. The lowest BCUT2D eigenvalue weighted by atomic mass is 10.0. The molecule has 2 aromatic heterocycles. The molecule has 1 aliphatic heterocycles. The second-order valence-electron chi connectivity index (χ2n) is 7.56. The highest BCUT2D eigenvalue weighted by atomic mass is 19.1. The van der Waals surface area contributed by atoms with Crippen LogP contribution >= 0.6 is 0 Å². The lowest BCUT2D eigenvalue weighted by Crippen LogP contribution is -2.37. The molecule has 1 saturated heterocycles. The van der Waals surface area contributed by atoms with Crippen molar-refractivity contribution in [3.63, 3.8) is 0 Å². The largest absolute Gasteiger partial charge is 0.447 e. The van der Waals surface area contributed by atoms with Crippen molar-refractivity contribution >= 4 is 17.9 Å². The number of carbonyl (C=O) groups excluding carboxylic acids is 1. The molecule has 8 nitrogen and oxygen atoms in total. The van der Waals surface area contributed by atoms with E-state index in [-0.39, 0.29) is 23.8 Å². The fraction of sp³-hybridized carbons (Fsp3) is 0.333. The van der Waals surface area contributed by atoms with Crippen molar-refractivity contribution in [2.45, 2.75) is 32.9 Å². The van der Waals surface area contributed by atoms with Crippen molar-refractivity contribution < 1.29 is 13.9 Å². The van der Waals surface area contributed by atoms with Crippen LogP contribution in [-0.4, -0.2) is 38.5 Å². The number of carbonyl (C=O) groups is 1. The summed E-state index contributed by atoms with van der Waals surface area (Å²) in [6.07, 6.45) is 4.81. The van der Waals surface area contributed by atoms with Crippen molar-refractivity contribution in [2.24, 2.45) is 5.92 Å². The van der Waals surface area contributed by atoms with Gasteiger partial charge in [-0.3, -0.25) is 4.90 Å². The van der Waals surface area contributed by atoms with Gasteiger partial charge in [0.15, 0.2) is 0 Å². The number of anilines is 2. The zero-order chi connectivity index (χ0) is 21.3. The van der Waals surface area contributed by atoms with E-state index in [9.17, 15) is 9.18 Å². The third kappa shape index (κ3) is 3.96. The predicted octanol–water partition coefficient (Wildman–Crippen LogP) is 3.96. The van der Waals surface area contributed by atoms with E-state index in [0.717, 1.165) is 11.3 Å². The Balaban J connectivity index is 1.50. The molecular formula is C21H23FN6O2. The lowest BCUT2D eigenvalue weighted by Gasteiger charge is -2.23. The average molecular weight is 410 g/mol. The molecule has 2 atom stereocenters. The lowest BCUT2D eigenvalue weighted by molar-refractivity contribution is 0.177. The molecule has 156 valence electrons. The molecule has 4 rings (SSSR count). The standard InChI is InChI=1S/C21H23FN6O2/c1-13(2)18-12-30-21(29)28(18)19-8-9-23-20(26-19)25-14(3)15-10-24-27(11-15)17-6-4-16(22)5-7-17/h4-11,13-14,18H,12H2,1-3H3,(H,23,25,26)/t14-,18?/m1/s1. The van der Waals surface area contributed by atoms with Crippen LogP contribution in [0.25, 0.3) is 5.69 Å². The molecule has 1 N–H and O–H groups in total. The van der Waals surface area contributed by atoms with Crippen molar-refractivity contribution in [3.05, 3.63) is 60.3 Å². The quantitative estimate of drug-likeness (QED) is 0.662. The number of cyclic esters (lactones) is 1. The van der Waals surface area contributed by atoms with E-state index in [0.29, 0.717) is 18.4 Å². The van der Waals surface area contributed by atoms with Crippen LogP contribution in [-0.2, 0) is 4.74 Å². The summed E-state index contributed by atoms with van der Waals surface area (Å²) >= 11 is 0. The molecule has 1 fully saturated rings. The van der Waals surface area contributed by atoms with Gasteiger partial charge in [-0.25, -0.2) is 18.9 Å². The van der Waals surface area contributed by atoms with Gasteiger partial charge in [0.1, 0.15) is 18.2 Å². The van der Waals surface area contributed by atoms with Gasteiger partial charge < -0.3 is 10.1 Å². The first kappa shape index (κ1) is 19.8. The molecule has 1 aromatic carbocycles. The first-order valence-electron chi connectivity index (χ1n) is 9.78. The fourth-order valence-corrected chi connectivity index (χ4v) is 3.32. The van der Waals surface area contributed by atoms with E-state index in [1.165, 1.54) is 12.1 Å². The molecule has 1 aliphatic rings. The van der Waals surface area contributed by atoms with Crippen molar-refractivity contribution in [3.8, 4) is 5.69 Å². The molecule has 30 heavy (non-hydrogen) atoms. The SMILES string of the molecule is CC(C)C1COC(=O)N1c1ccnc(N[C@H](C)c2cnn(-c3ccc(F)cc3)c2)n1. The van der Waals surface area contributed by atoms with Gasteiger partial charge in [0.05, 0.1) is 24.0 Å². The van der Waals surface area contributed by atoms with Gasteiger partial charge in [0, 0.05) is 18.0 Å². The minimum Gasteiger partial charge on any atom is -0.447 e. The number of halogens is 1. The Labute approximate surface area is 173 Å². The smallest absolute Gasteiger partial charge is 0.415 e. The van der Waals surface area contributed by atoms with Gasteiger partial charge in [-0.2, -0.15) is 10.1 Å². The van der Waals surface area contributed by atoms with Crippen molar-refractivity contribution in [2.75, 3.05) is 16.8 Å². The minimum atomic E-state index is -0.396. The number of amides is 1. The fourth-order valence-electron chi connectivity index (χ4n) is 3.32. The number of hydrogen-bond acceptors (Lipinski definition) is 6. The molecule has 0 saturated carbocycles. The highest BCUT2D eigenvalue weighted by Gasteiger charge is 2.37. The topological polar surface area (TPSA) is 85.2 Å². The van der Waals surface area contributed by atoms with E-state index in [4.69, 9.17) is 4.74 Å². The Bertz CT molecular complexity index is 1040. The van der Waals surface area contributed by atoms with Gasteiger partial charge in [0.2, 0.25) is 5.95 Å². The Morgan fingerprint density at radius 2 is 1.97 bits per heavy atom. The van der Waals surface area contributed by atoms with Crippen LogP contribution in [0.15, 0.2) is 48.9 Å². The summed E-state index contributed by atoms with van der Waals surface area (Å²) < 4.78 is 20.0. The molecule has 3 aromatic rings. The van der Waals surface area contributed by atoms with E-state index < -0.39 is 6.09 Å². The van der Waals surface area contributed by atoms with Crippen molar-refractivity contribution in [1.82, 2.24) is 19.7 Å². The van der Waals surface area contributed by atoms with Gasteiger partial charge in [-0.1, -0.05) is 13.8 Å². The molecule has 0 radical (unpaired) electrons. The van der Waals surface area contributed by atoms with Crippen molar-refractivity contribution in [1.29, 1.82) is 0 Å². The van der Waals surface area contributed by atoms with Gasteiger partial charge in [-0.05, 0) is 43.2 Å². The first-order valence-corrected chi connectivity index (χ1v) is 9.78. The maximum Gasteiger partial charge on any atom is 0.415 e. The average Bonchev–Trinajstić information content (AvgIpc) is 3.36. The van der Waals surface area contributed by atoms with Crippen LogP contribution in [0.4, 0.5) is 21.0 Å². The van der Waals surface area contributed by atoms with E-state index in [1.54, 1.807) is 40.2 Å². The van der Waals surface area contributed by atoms with Crippen LogP contribution in [0, 0.1) is 11.7 Å². The van der Waals surface area contributed by atoms with Crippen LogP contribution < -0.4 is 10.2 Å². The number of nitrogens with zero attached hydrogens (tertiary/aromatic N) is 5. The first-order chi connectivity index (χ1) is 14.4. The molecule has 0 aliphatic carbocycles. The maximum atomic E-state index is 13.1. The second kappa shape index (κ2) is 8.10. The van der Waals surface area contributed by atoms with E-state index in [1.807, 2.05) is 27.0 Å². The molecule has 3 heterocycles. The number of ether oxygens (including phenoxy) is 1. The summed E-state index contributed by atoms with van der Waals surface area (Å²) in [6, 6.07) is 7.61. The Morgan fingerprint density at radius 3 is 2.70 bits per heavy atom. The van der Waals surface area contributed by atoms with E-state index in [2.05, 4.69) is 20.4 Å². The Morgan fingerprint density at radius 1 is 1.20 bits per heavy atom. The third-order valence-corrected chi connectivity index (χ3v) is 5.10. The summed E-state index contributed by atoms with van der Waals surface area (Å²) in [4.78, 5) is 22.6. The predicted molar refractivity (Wildman–Crippen MR) is 110 cm³/mol. The number of hydrogen-bond donors (Lipinski definition) is 1. The summed E-state index contributed by atoms with van der Waals surface area (Å²) in [5, 5.41) is 7.58. The minimum absolute atomic E-state index is 0.0633. The summed E-state index contributed by atoms with van der Waals surface area (Å²) in [5.74, 6) is 0.846. The Kier molecular flexibility index (Phi) is 5.35. The number of rotatable bonds is 6. The van der Waals surface area contributed by atoms with Crippen LogP contribution in [0.3, 0.4) is 0 Å². The summed E-state index contributed by atoms with van der Waals surface area (Å²) in [5.41, 5.74) is 1.68. The summed E-state index contributed by atoms with van der Waals surface area (Å²) in [6.45, 7) is 6.40. The zero-order valence-electron chi connectivity index (χ0n) is 17.0. The van der Waals surface area contributed by atoms with Gasteiger partial charge in [-0.15, -0.1) is 0 Å². The van der Waals surface area contributed by atoms with Crippen LogP contribution in [0.2, 0.25) is 0 Å². The molecule has 0 spiro atoms. The summed E-state index contributed by atoms with van der Waals surface area (Å²) in [7, 11) is 0. The second-order valence-corrected chi connectivity index (χ2v) is 7.56. The molecule has 1 amide bonds. The monoisotopic (exact) mass is 410 g/mol. The zero-order valence-corrected chi connectivity index (χ0v) is 17.0. The number of nitrogens with one attached hydrogen (secondary N) is 1. The van der Waals surface area contributed by atoms with E-state index >= 15 is 0 Å². The molecule has 0 bridgehead atoms. The highest BCUT2D eigenvalue weighted by Crippen LogP contribution is 2.26. The maximum absolute atomic E-state index is 13.1. The van der Waals surface area contributed by atoms with Gasteiger partial charge in [0.25, 0.3) is 0 Å². The molecule has 9 heteroatoms. The highest BCUT2D eigenvalue weighted by molar-refractivity contribution is 5.89. The number of aromatic nitrogens is 4. The molecule has 1 unspecified atom stereocenters. The number of benzene rings is 1. The molecular weight excluding hydrogens is 387 g/mol. The Hall–Kier alpha value is -3.49.